The van der Waals surface area contributed by atoms with Gasteiger partial charge in [-0.1, -0.05) is 6.92 Å². The van der Waals surface area contributed by atoms with E-state index in [2.05, 4.69) is 16.0 Å². The summed E-state index contributed by atoms with van der Waals surface area (Å²) in [5.74, 6) is -1.84. The van der Waals surface area contributed by atoms with E-state index in [0.29, 0.717) is 12.2 Å². The number of hydrogen-bond acceptors (Lipinski definition) is 7. The first-order valence-electron chi connectivity index (χ1n) is 9.11. The first-order valence-corrected chi connectivity index (χ1v) is 9.11. The van der Waals surface area contributed by atoms with E-state index in [0.717, 1.165) is 25.3 Å². The molecule has 2 rings (SSSR count). The average Bonchev–Trinajstić information content (AvgIpc) is 3.48. The Labute approximate surface area is 162 Å². The smallest absolute Gasteiger partial charge is 0.338 e. The Morgan fingerprint density at radius 1 is 1.32 bits per heavy atom. The van der Waals surface area contributed by atoms with Crippen LogP contribution in [0.4, 0.5) is 11.4 Å². The van der Waals surface area contributed by atoms with Crippen LogP contribution in [-0.2, 0) is 14.3 Å². The molecule has 1 saturated carbocycles. The molecule has 1 aliphatic rings. The molecule has 1 aliphatic carbocycles. The summed E-state index contributed by atoms with van der Waals surface area (Å²) in [7, 11) is 0. The molecule has 152 valence electrons. The number of rotatable bonds is 10. The maximum absolute atomic E-state index is 12.1. The van der Waals surface area contributed by atoms with Crippen LogP contribution in [0.3, 0.4) is 0 Å². The van der Waals surface area contributed by atoms with Crippen molar-refractivity contribution in [2.45, 2.75) is 45.2 Å². The van der Waals surface area contributed by atoms with Gasteiger partial charge in [0.25, 0.3) is 11.6 Å². The Balaban J connectivity index is 1.89. The van der Waals surface area contributed by atoms with E-state index in [9.17, 15) is 24.5 Å². The van der Waals surface area contributed by atoms with Gasteiger partial charge in [0.1, 0.15) is 11.7 Å². The molecule has 0 radical (unpaired) electrons. The third-order valence-corrected chi connectivity index (χ3v) is 4.02. The van der Waals surface area contributed by atoms with Crippen molar-refractivity contribution in [1.82, 2.24) is 10.6 Å². The van der Waals surface area contributed by atoms with Gasteiger partial charge < -0.3 is 20.7 Å². The molecular weight excluding hydrogens is 368 g/mol. The van der Waals surface area contributed by atoms with Gasteiger partial charge in [0.15, 0.2) is 6.61 Å². The number of nitro benzene ring substituents is 1. The topological polar surface area (TPSA) is 140 Å². The van der Waals surface area contributed by atoms with E-state index in [1.165, 1.54) is 19.1 Å². The molecule has 0 heterocycles. The first kappa shape index (κ1) is 21.1. The van der Waals surface area contributed by atoms with Crippen LogP contribution in [0, 0.1) is 10.1 Å². The normalized spacial score (nSPS) is 13.9. The minimum atomic E-state index is -0.862. The second kappa shape index (κ2) is 9.67. The number of carbonyl (C=O) groups excluding carboxylic acids is 3. The van der Waals surface area contributed by atoms with E-state index < -0.39 is 29.4 Å². The van der Waals surface area contributed by atoms with E-state index >= 15 is 0 Å². The lowest BCUT2D eigenvalue weighted by Crippen LogP contribution is -2.46. The van der Waals surface area contributed by atoms with E-state index in [4.69, 9.17) is 4.74 Å². The van der Waals surface area contributed by atoms with Gasteiger partial charge in [0, 0.05) is 18.7 Å². The predicted octanol–water partition coefficient (Wildman–Crippen LogP) is 1.36. The summed E-state index contributed by atoms with van der Waals surface area (Å²) in [5.41, 5.74) is 0.0790. The summed E-state index contributed by atoms with van der Waals surface area (Å²) in [6.07, 6.45) is 2.67. The molecule has 0 bridgehead atoms. The fourth-order valence-electron chi connectivity index (χ4n) is 2.34. The molecule has 28 heavy (non-hydrogen) atoms. The zero-order chi connectivity index (χ0) is 20.7. The van der Waals surface area contributed by atoms with Crippen molar-refractivity contribution < 1.29 is 24.0 Å². The number of esters is 1. The third kappa shape index (κ3) is 6.22. The highest BCUT2D eigenvalue weighted by molar-refractivity contribution is 5.93. The lowest BCUT2D eigenvalue weighted by molar-refractivity contribution is -0.384. The van der Waals surface area contributed by atoms with Crippen molar-refractivity contribution in [2.24, 2.45) is 0 Å². The molecule has 1 fully saturated rings. The fraction of sp³-hybridized carbons (Fsp3) is 0.500. The molecule has 0 aliphatic heterocycles. The van der Waals surface area contributed by atoms with Gasteiger partial charge in [-0.15, -0.1) is 0 Å². The number of ether oxygens (including phenoxy) is 1. The van der Waals surface area contributed by atoms with Crippen molar-refractivity contribution in [3.05, 3.63) is 33.9 Å². The summed E-state index contributed by atoms with van der Waals surface area (Å²) < 4.78 is 4.89. The maximum atomic E-state index is 12.1. The zero-order valence-corrected chi connectivity index (χ0v) is 15.8. The van der Waals surface area contributed by atoms with Crippen molar-refractivity contribution in [3.63, 3.8) is 0 Å². The van der Waals surface area contributed by atoms with Crippen molar-refractivity contribution in [1.29, 1.82) is 0 Å². The van der Waals surface area contributed by atoms with Crippen LogP contribution in [0.15, 0.2) is 18.2 Å². The number of anilines is 1. The molecule has 0 saturated heterocycles. The molecule has 1 aromatic rings. The number of nitrogens with zero attached hydrogens (tertiary/aromatic N) is 1. The Bertz CT molecular complexity index is 762. The molecule has 3 N–H and O–H groups in total. The quantitative estimate of drug-likeness (QED) is 0.310. The minimum absolute atomic E-state index is 0.0328. The molecule has 0 unspecified atom stereocenters. The van der Waals surface area contributed by atoms with Gasteiger partial charge in [0.05, 0.1) is 10.5 Å². The maximum Gasteiger partial charge on any atom is 0.338 e. The summed E-state index contributed by atoms with van der Waals surface area (Å²) in [6, 6.07) is 3.42. The van der Waals surface area contributed by atoms with Crippen LogP contribution >= 0.6 is 0 Å². The van der Waals surface area contributed by atoms with Crippen LogP contribution in [0.2, 0.25) is 0 Å². The minimum Gasteiger partial charge on any atom is -0.452 e. The average molecular weight is 392 g/mol. The third-order valence-electron chi connectivity index (χ3n) is 4.02. The molecule has 2 amide bonds. The molecule has 0 spiro atoms. The van der Waals surface area contributed by atoms with Gasteiger partial charge >= 0.3 is 5.97 Å². The van der Waals surface area contributed by atoms with Crippen LogP contribution in [0.1, 0.15) is 43.5 Å². The summed E-state index contributed by atoms with van der Waals surface area (Å²) in [5, 5.41) is 19.3. The van der Waals surface area contributed by atoms with Crippen LogP contribution < -0.4 is 16.0 Å². The standard InChI is InChI=1S/C18H24N4O6/c1-3-8-19-17(24)11(2)20-16(23)10-28-18(25)12-4-7-14(21-13-5-6-13)15(9-12)22(26)27/h4,7,9,11,13,21H,3,5-6,8,10H2,1-2H3,(H,19,24)(H,20,23)/t11-/m1/s1. The van der Waals surface area contributed by atoms with Crippen LogP contribution in [0.5, 0.6) is 0 Å². The van der Waals surface area contributed by atoms with Crippen molar-refractivity contribution >= 4 is 29.2 Å². The van der Waals surface area contributed by atoms with Crippen molar-refractivity contribution in [3.8, 4) is 0 Å². The Hall–Kier alpha value is -3.17. The monoisotopic (exact) mass is 392 g/mol. The van der Waals surface area contributed by atoms with Gasteiger partial charge in [-0.05, 0) is 38.3 Å². The number of hydrogen-bond donors (Lipinski definition) is 3. The number of benzene rings is 1. The Morgan fingerprint density at radius 2 is 2.04 bits per heavy atom. The lowest BCUT2D eigenvalue weighted by atomic mass is 10.1. The molecular formula is C18H24N4O6. The molecule has 1 atom stereocenters. The summed E-state index contributed by atoms with van der Waals surface area (Å²) in [6.45, 7) is 3.32. The SMILES string of the molecule is CCCNC(=O)[C@@H](C)NC(=O)COC(=O)c1ccc(NC2CC2)c([N+](=O)[O-])c1. The molecule has 0 aromatic heterocycles. The predicted molar refractivity (Wildman–Crippen MR) is 101 cm³/mol. The largest absolute Gasteiger partial charge is 0.452 e. The fourth-order valence-corrected chi connectivity index (χ4v) is 2.34. The van der Waals surface area contributed by atoms with E-state index in [1.54, 1.807) is 0 Å². The van der Waals surface area contributed by atoms with E-state index in [1.807, 2.05) is 6.92 Å². The highest BCUT2D eigenvalue weighted by Crippen LogP contribution is 2.31. The highest BCUT2D eigenvalue weighted by atomic mass is 16.6. The number of nitro groups is 1. The molecule has 10 nitrogen and oxygen atoms in total. The van der Waals surface area contributed by atoms with Gasteiger partial charge in [-0.25, -0.2) is 4.79 Å². The van der Waals surface area contributed by atoms with Gasteiger partial charge in [-0.2, -0.15) is 0 Å². The second-order valence-corrected chi connectivity index (χ2v) is 6.56. The zero-order valence-electron chi connectivity index (χ0n) is 15.8. The summed E-state index contributed by atoms with van der Waals surface area (Å²) >= 11 is 0. The van der Waals surface area contributed by atoms with Crippen molar-refractivity contribution in [2.75, 3.05) is 18.5 Å². The molecule has 10 heteroatoms. The Morgan fingerprint density at radius 3 is 2.64 bits per heavy atom. The highest BCUT2D eigenvalue weighted by Gasteiger charge is 2.26. The van der Waals surface area contributed by atoms with Gasteiger partial charge in [0.2, 0.25) is 5.91 Å². The van der Waals surface area contributed by atoms with E-state index in [-0.39, 0.29) is 23.2 Å². The number of nitrogens with one attached hydrogen (secondary N) is 3. The lowest BCUT2D eigenvalue weighted by Gasteiger charge is -2.14. The van der Waals surface area contributed by atoms with Gasteiger partial charge in [-0.3, -0.25) is 19.7 Å². The number of carbonyl (C=O) groups is 3. The number of amides is 2. The second-order valence-electron chi connectivity index (χ2n) is 6.56. The van der Waals surface area contributed by atoms with Crippen LogP contribution in [-0.4, -0.2) is 47.9 Å². The summed E-state index contributed by atoms with van der Waals surface area (Å²) in [4.78, 5) is 46.3. The first-order chi connectivity index (χ1) is 13.3. The molecule has 1 aromatic carbocycles. The van der Waals surface area contributed by atoms with Crippen LogP contribution in [0.25, 0.3) is 0 Å². The Kier molecular flexibility index (Phi) is 7.30.